The number of hydrogen-bond donors (Lipinski definition) is 1. The molecule has 2 aromatic rings. The molecule has 106 valence electrons. The van der Waals surface area contributed by atoms with Crippen molar-refractivity contribution in [3.63, 3.8) is 0 Å². The van der Waals surface area contributed by atoms with Crippen LogP contribution in [0.3, 0.4) is 0 Å². The first-order valence-corrected chi connectivity index (χ1v) is 8.00. The van der Waals surface area contributed by atoms with Crippen LogP contribution in [-0.4, -0.2) is 29.5 Å². The van der Waals surface area contributed by atoms with Gasteiger partial charge in [0.15, 0.2) is 0 Å². The summed E-state index contributed by atoms with van der Waals surface area (Å²) >= 11 is 1.77. The lowest BCUT2D eigenvalue weighted by Crippen LogP contribution is -2.45. The van der Waals surface area contributed by atoms with Gasteiger partial charge in [-0.2, -0.15) is 0 Å². The number of aryl methyl sites for hydroxylation is 1. The summed E-state index contributed by atoms with van der Waals surface area (Å²) in [4.78, 5) is 7.16. The van der Waals surface area contributed by atoms with E-state index in [1.54, 1.807) is 11.3 Å². The van der Waals surface area contributed by atoms with E-state index in [1.165, 1.54) is 16.1 Å². The molecule has 1 N–H and O–H groups in total. The molecule has 1 unspecified atom stereocenters. The first kappa shape index (κ1) is 13.7. The van der Waals surface area contributed by atoms with Crippen LogP contribution in [0.15, 0.2) is 29.6 Å². The van der Waals surface area contributed by atoms with Gasteiger partial charge in [0.05, 0.1) is 6.54 Å². The van der Waals surface area contributed by atoms with Gasteiger partial charge < -0.3 is 5.32 Å². The van der Waals surface area contributed by atoms with E-state index in [4.69, 9.17) is 0 Å². The number of aromatic nitrogens is 1. The highest BCUT2D eigenvalue weighted by Crippen LogP contribution is 2.25. The Bertz CT molecular complexity index is 579. The molecule has 2 heterocycles. The van der Waals surface area contributed by atoms with Gasteiger partial charge in [0, 0.05) is 30.2 Å². The lowest BCUT2D eigenvalue weighted by molar-refractivity contribution is 0.161. The Balaban J connectivity index is 1.80. The Morgan fingerprint density at radius 3 is 2.85 bits per heavy atom. The highest BCUT2D eigenvalue weighted by molar-refractivity contribution is 7.09. The molecular weight excluding hydrogens is 266 g/mol. The van der Waals surface area contributed by atoms with Gasteiger partial charge in [-0.05, 0) is 31.5 Å². The first-order chi connectivity index (χ1) is 9.76. The quantitative estimate of drug-likeness (QED) is 0.937. The summed E-state index contributed by atoms with van der Waals surface area (Å²) < 4.78 is 0. The fourth-order valence-electron chi connectivity index (χ4n) is 2.91. The maximum atomic E-state index is 4.61. The first-order valence-electron chi connectivity index (χ1n) is 7.12. The molecule has 1 aromatic heterocycles. The predicted octanol–water partition coefficient (Wildman–Crippen LogP) is 2.60. The van der Waals surface area contributed by atoms with Crippen molar-refractivity contribution in [3.05, 3.63) is 51.5 Å². The summed E-state index contributed by atoms with van der Waals surface area (Å²) in [6.45, 7) is 5.08. The second-order valence-electron chi connectivity index (χ2n) is 5.47. The molecule has 1 atom stereocenters. The van der Waals surface area contributed by atoms with Gasteiger partial charge in [-0.1, -0.05) is 24.3 Å². The van der Waals surface area contributed by atoms with E-state index in [0.29, 0.717) is 6.04 Å². The number of fused-ring (bicyclic) bond motifs is 1. The fourth-order valence-corrected chi connectivity index (χ4v) is 3.71. The van der Waals surface area contributed by atoms with Crippen molar-refractivity contribution in [1.82, 2.24) is 15.2 Å². The van der Waals surface area contributed by atoms with E-state index in [0.717, 1.165) is 31.7 Å². The second-order valence-corrected chi connectivity index (χ2v) is 6.41. The van der Waals surface area contributed by atoms with Crippen molar-refractivity contribution in [2.45, 2.75) is 32.5 Å². The van der Waals surface area contributed by atoms with Crippen molar-refractivity contribution >= 4 is 11.3 Å². The predicted molar refractivity (Wildman–Crippen MR) is 84.0 cm³/mol. The van der Waals surface area contributed by atoms with Gasteiger partial charge in [-0.3, -0.25) is 4.90 Å². The van der Waals surface area contributed by atoms with Crippen molar-refractivity contribution in [2.75, 3.05) is 13.6 Å². The maximum Gasteiger partial charge on any atom is 0.107 e. The van der Waals surface area contributed by atoms with Crippen LogP contribution in [0.1, 0.15) is 21.8 Å². The zero-order valence-corrected chi connectivity index (χ0v) is 12.9. The number of nitrogens with zero attached hydrogens (tertiary/aromatic N) is 2. The largest absolute Gasteiger partial charge is 0.318 e. The molecule has 0 bridgehead atoms. The van der Waals surface area contributed by atoms with Crippen LogP contribution in [0.25, 0.3) is 0 Å². The molecule has 0 fully saturated rings. The topological polar surface area (TPSA) is 28.2 Å². The minimum Gasteiger partial charge on any atom is -0.318 e. The molecule has 3 rings (SSSR count). The van der Waals surface area contributed by atoms with Crippen LogP contribution in [0.4, 0.5) is 0 Å². The highest BCUT2D eigenvalue weighted by Gasteiger charge is 2.25. The molecule has 0 amide bonds. The lowest BCUT2D eigenvalue weighted by atomic mass is 9.94. The smallest absolute Gasteiger partial charge is 0.107 e. The Kier molecular flexibility index (Phi) is 4.15. The summed E-state index contributed by atoms with van der Waals surface area (Å²) in [6.07, 6.45) is 1.13. The maximum absolute atomic E-state index is 4.61. The van der Waals surface area contributed by atoms with Crippen molar-refractivity contribution in [1.29, 1.82) is 0 Å². The summed E-state index contributed by atoms with van der Waals surface area (Å²) in [6, 6.07) is 9.37. The number of thiazole rings is 1. The van der Waals surface area contributed by atoms with E-state index >= 15 is 0 Å². The molecule has 1 aromatic carbocycles. The van der Waals surface area contributed by atoms with E-state index in [1.807, 2.05) is 7.05 Å². The van der Waals surface area contributed by atoms with Crippen molar-refractivity contribution in [2.24, 2.45) is 0 Å². The van der Waals surface area contributed by atoms with E-state index < -0.39 is 0 Å². The average molecular weight is 287 g/mol. The molecule has 0 saturated heterocycles. The van der Waals surface area contributed by atoms with Gasteiger partial charge >= 0.3 is 0 Å². The van der Waals surface area contributed by atoms with Crippen molar-refractivity contribution in [3.8, 4) is 0 Å². The molecule has 0 radical (unpaired) electrons. The van der Waals surface area contributed by atoms with Crippen LogP contribution < -0.4 is 5.32 Å². The minimum atomic E-state index is 0.555. The molecule has 4 heteroatoms. The number of hydrogen-bond acceptors (Lipinski definition) is 4. The third-order valence-electron chi connectivity index (χ3n) is 3.91. The average Bonchev–Trinajstić information content (AvgIpc) is 2.85. The normalized spacial score (nSPS) is 19.0. The SMILES string of the molecule is CNCC1Cc2ccccc2CN1Cc1nc(C)cs1. The van der Waals surface area contributed by atoms with Gasteiger partial charge in [0.1, 0.15) is 5.01 Å². The van der Waals surface area contributed by atoms with E-state index in [-0.39, 0.29) is 0 Å². The molecule has 0 aliphatic carbocycles. The van der Waals surface area contributed by atoms with Gasteiger partial charge in [0.2, 0.25) is 0 Å². The Morgan fingerprint density at radius 1 is 1.35 bits per heavy atom. The minimum absolute atomic E-state index is 0.555. The van der Waals surface area contributed by atoms with Crippen LogP contribution >= 0.6 is 11.3 Å². The van der Waals surface area contributed by atoms with E-state index in [9.17, 15) is 0 Å². The highest BCUT2D eigenvalue weighted by atomic mass is 32.1. The summed E-state index contributed by atoms with van der Waals surface area (Å²) in [5.41, 5.74) is 4.10. The summed E-state index contributed by atoms with van der Waals surface area (Å²) in [7, 11) is 2.03. The Hall–Kier alpha value is -1.23. The molecule has 1 aliphatic heterocycles. The fraction of sp³-hybridized carbons (Fsp3) is 0.438. The number of benzene rings is 1. The van der Waals surface area contributed by atoms with Gasteiger partial charge in [0.25, 0.3) is 0 Å². The molecule has 20 heavy (non-hydrogen) atoms. The van der Waals surface area contributed by atoms with Crippen LogP contribution in [0.5, 0.6) is 0 Å². The molecule has 0 saturated carbocycles. The summed E-state index contributed by atoms with van der Waals surface area (Å²) in [5.74, 6) is 0. The third kappa shape index (κ3) is 2.92. The molecule has 3 nitrogen and oxygen atoms in total. The van der Waals surface area contributed by atoms with Crippen molar-refractivity contribution < 1.29 is 0 Å². The van der Waals surface area contributed by atoms with E-state index in [2.05, 4.69) is 51.8 Å². The molecule has 1 aliphatic rings. The molecular formula is C16H21N3S. The summed E-state index contributed by atoms with van der Waals surface area (Å²) in [5, 5.41) is 6.69. The standard InChI is InChI=1S/C16H21N3S/c1-12-11-20-16(18-12)10-19-9-14-6-4-3-5-13(14)7-15(19)8-17-2/h3-6,11,15,17H,7-10H2,1-2H3. The van der Waals surface area contributed by atoms with Crippen LogP contribution in [0.2, 0.25) is 0 Å². The zero-order chi connectivity index (χ0) is 13.9. The van der Waals surface area contributed by atoms with Gasteiger partial charge in [-0.15, -0.1) is 11.3 Å². The number of nitrogens with one attached hydrogen (secondary N) is 1. The molecule has 0 spiro atoms. The second kappa shape index (κ2) is 6.04. The third-order valence-corrected chi connectivity index (χ3v) is 4.86. The van der Waals surface area contributed by atoms with Crippen LogP contribution in [0, 0.1) is 6.92 Å². The zero-order valence-electron chi connectivity index (χ0n) is 12.1. The Labute approximate surface area is 124 Å². The monoisotopic (exact) mass is 287 g/mol. The number of likely N-dealkylation sites (N-methyl/N-ethyl adjacent to an activating group) is 1. The van der Waals surface area contributed by atoms with Crippen LogP contribution in [-0.2, 0) is 19.5 Å². The van der Waals surface area contributed by atoms with Gasteiger partial charge in [-0.25, -0.2) is 4.98 Å². The lowest BCUT2D eigenvalue weighted by Gasteiger charge is -2.36. The number of rotatable bonds is 4. The Morgan fingerprint density at radius 2 is 2.15 bits per heavy atom.